The van der Waals surface area contributed by atoms with Crippen LogP contribution in [-0.2, 0) is 11.2 Å². The van der Waals surface area contributed by atoms with Gasteiger partial charge in [-0.05, 0) is 31.2 Å². The highest BCUT2D eigenvalue weighted by Gasteiger charge is 2.20. The van der Waals surface area contributed by atoms with Gasteiger partial charge in [-0.15, -0.1) is 23.7 Å². The van der Waals surface area contributed by atoms with Gasteiger partial charge in [-0.3, -0.25) is 9.59 Å². The third-order valence-corrected chi connectivity index (χ3v) is 5.08. The smallest absolute Gasteiger partial charge is 0.275 e. The zero-order valence-corrected chi connectivity index (χ0v) is 16.7. The predicted molar refractivity (Wildman–Crippen MR) is 108 cm³/mol. The first-order valence-electron chi connectivity index (χ1n) is 8.52. The number of nitrogens with zero attached hydrogens (tertiary/aromatic N) is 2. The SMILES string of the molecule is Cc1ccc(C(=O)N2CCOCC2)cc1NC(=O)c1csc(CCN)n1.Cl. The Labute approximate surface area is 168 Å². The van der Waals surface area contributed by atoms with Crippen molar-refractivity contribution in [1.29, 1.82) is 0 Å². The summed E-state index contributed by atoms with van der Waals surface area (Å²) in [6.45, 7) is 4.65. The van der Waals surface area contributed by atoms with Gasteiger partial charge in [0, 0.05) is 36.1 Å². The second kappa shape index (κ2) is 9.80. The van der Waals surface area contributed by atoms with Gasteiger partial charge >= 0.3 is 0 Å². The maximum atomic E-state index is 12.6. The lowest BCUT2D eigenvalue weighted by Gasteiger charge is -2.27. The molecular formula is C18H23ClN4O3S. The van der Waals surface area contributed by atoms with Gasteiger partial charge in [-0.2, -0.15) is 0 Å². The van der Waals surface area contributed by atoms with E-state index in [-0.39, 0.29) is 24.2 Å². The monoisotopic (exact) mass is 410 g/mol. The molecule has 2 amide bonds. The maximum Gasteiger partial charge on any atom is 0.275 e. The number of hydrogen-bond donors (Lipinski definition) is 2. The van der Waals surface area contributed by atoms with Gasteiger partial charge in [-0.1, -0.05) is 6.07 Å². The molecule has 3 rings (SSSR count). The number of morpholine rings is 1. The van der Waals surface area contributed by atoms with Crippen LogP contribution in [0.1, 0.15) is 31.4 Å². The zero-order valence-electron chi connectivity index (χ0n) is 15.1. The van der Waals surface area contributed by atoms with E-state index in [0.29, 0.717) is 56.2 Å². The molecule has 0 aliphatic carbocycles. The van der Waals surface area contributed by atoms with E-state index in [1.165, 1.54) is 11.3 Å². The molecule has 0 unspecified atom stereocenters. The van der Waals surface area contributed by atoms with E-state index < -0.39 is 0 Å². The number of thiazole rings is 1. The van der Waals surface area contributed by atoms with Crippen molar-refractivity contribution in [2.45, 2.75) is 13.3 Å². The number of benzene rings is 1. The summed E-state index contributed by atoms with van der Waals surface area (Å²) < 4.78 is 5.28. The molecule has 1 fully saturated rings. The molecule has 3 N–H and O–H groups in total. The number of carbonyl (C=O) groups is 2. The minimum Gasteiger partial charge on any atom is -0.378 e. The first-order valence-corrected chi connectivity index (χ1v) is 9.40. The highest BCUT2D eigenvalue weighted by atomic mass is 35.5. The van der Waals surface area contributed by atoms with Crippen molar-refractivity contribution < 1.29 is 14.3 Å². The molecule has 0 radical (unpaired) electrons. The molecule has 7 nitrogen and oxygen atoms in total. The van der Waals surface area contributed by atoms with Crippen LogP contribution in [0.3, 0.4) is 0 Å². The number of hydrogen-bond acceptors (Lipinski definition) is 6. The van der Waals surface area contributed by atoms with Crippen molar-refractivity contribution >= 4 is 41.2 Å². The topological polar surface area (TPSA) is 97.5 Å². The first kappa shape index (κ1) is 21.3. The van der Waals surface area contributed by atoms with Crippen LogP contribution in [0.15, 0.2) is 23.6 Å². The van der Waals surface area contributed by atoms with Crippen molar-refractivity contribution in [2.75, 3.05) is 38.2 Å². The molecule has 0 saturated carbocycles. The van der Waals surface area contributed by atoms with Crippen LogP contribution in [0.4, 0.5) is 5.69 Å². The van der Waals surface area contributed by atoms with Crippen molar-refractivity contribution in [1.82, 2.24) is 9.88 Å². The summed E-state index contributed by atoms with van der Waals surface area (Å²) in [6, 6.07) is 5.34. The van der Waals surface area contributed by atoms with E-state index in [4.69, 9.17) is 10.5 Å². The molecule has 1 aliphatic heterocycles. The van der Waals surface area contributed by atoms with Crippen LogP contribution < -0.4 is 11.1 Å². The summed E-state index contributed by atoms with van der Waals surface area (Å²) in [5, 5.41) is 5.42. The van der Waals surface area contributed by atoms with E-state index in [2.05, 4.69) is 10.3 Å². The number of aromatic nitrogens is 1. The summed E-state index contributed by atoms with van der Waals surface area (Å²) in [6.07, 6.45) is 0.653. The summed E-state index contributed by atoms with van der Waals surface area (Å²) in [5.74, 6) is -0.341. The quantitative estimate of drug-likeness (QED) is 0.786. The molecule has 1 aromatic carbocycles. The molecule has 2 aromatic rings. The summed E-state index contributed by atoms with van der Waals surface area (Å²) in [7, 11) is 0. The molecular weight excluding hydrogens is 388 g/mol. The summed E-state index contributed by atoms with van der Waals surface area (Å²) in [5.41, 5.74) is 7.93. The Bertz CT molecular complexity index is 806. The Morgan fingerprint density at radius 3 is 2.78 bits per heavy atom. The van der Waals surface area contributed by atoms with E-state index in [1.807, 2.05) is 13.0 Å². The number of carbonyl (C=O) groups excluding carboxylic acids is 2. The van der Waals surface area contributed by atoms with Crippen LogP contribution >= 0.6 is 23.7 Å². The van der Waals surface area contributed by atoms with Gasteiger partial charge in [0.15, 0.2) is 0 Å². The fourth-order valence-electron chi connectivity index (χ4n) is 2.68. The van der Waals surface area contributed by atoms with Gasteiger partial charge in [0.1, 0.15) is 5.69 Å². The number of rotatable bonds is 5. The second-order valence-electron chi connectivity index (χ2n) is 6.05. The highest BCUT2D eigenvalue weighted by molar-refractivity contribution is 7.09. The Morgan fingerprint density at radius 1 is 1.33 bits per heavy atom. The summed E-state index contributed by atoms with van der Waals surface area (Å²) >= 11 is 1.42. The Hall–Kier alpha value is -2.00. The number of aryl methyl sites for hydroxylation is 1. The van der Waals surface area contributed by atoms with Crippen LogP contribution in [0.5, 0.6) is 0 Å². The maximum absolute atomic E-state index is 12.6. The standard InChI is InChI=1S/C18H22N4O3S.ClH/c1-12-2-3-13(18(24)22-6-8-25-9-7-22)10-14(12)21-17(23)15-11-26-16(20-15)4-5-19;/h2-3,10-11H,4-9,19H2,1H3,(H,21,23);1H. The third kappa shape index (κ3) is 5.26. The molecule has 1 saturated heterocycles. The molecule has 146 valence electrons. The molecule has 0 bridgehead atoms. The van der Waals surface area contributed by atoms with Crippen LogP contribution in [-0.4, -0.2) is 54.5 Å². The van der Waals surface area contributed by atoms with E-state index >= 15 is 0 Å². The van der Waals surface area contributed by atoms with Gasteiger partial charge in [0.25, 0.3) is 11.8 Å². The Kier molecular flexibility index (Phi) is 7.73. The number of amides is 2. The highest BCUT2D eigenvalue weighted by Crippen LogP contribution is 2.20. The molecule has 9 heteroatoms. The molecule has 0 atom stereocenters. The third-order valence-electron chi connectivity index (χ3n) is 4.17. The molecule has 1 aromatic heterocycles. The fraction of sp³-hybridized carbons (Fsp3) is 0.389. The minimum atomic E-state index is -0.288. The number of halogens is 1. The van der Waals surface area contributed by atoms with Crippen LogP contribution in [0, 0.1) is 6.92 Å². The second-order valence-corrected chi connectivity index (χ2v) is 7.00. The van der Waals surface area contributed by atoms with Crippen molar-refractivity contribution in [3.05, 3.63) is 45.4 Å². The van der Waals surface area contributed by atoms with Crippen molar-refractivity contribution in [2.24, 2.45) is 5.73 Å². The Morgan fingerprint density at radius 2 is 2.07 bits per heavy atom. The van der Waals surface area contributed by atoms with E-state index in [1.54, 1.807) is 22.4 Å². The van der Waals surface area contributed by atoms with Gasteiger partial charge in [0.05, 0.1) is 18.2 Å². The van der Waals surface area contributed by atoms with Gasteiger partial charge < -0.3 is 20.7 Å². The zero-order chi connectivity index (χ0) is 18.5. The number of anilines is 1. The lowest BCUT2D eigenvalue weighted by Crippen LogP contribution is -2.40. The lowest BCUT2D eigenvalue weighted by molar-refractivity contribution is 0.0303. The van der Waals surface area contributed by atoms with E-state index in [0.717, 1.165) is 10.6 Å². The molecule has 0 spiro atoms. The lowest BCUT2D eigenvalue weighted by atomic mass is 10.1. The summed E-state index contributed by atoms with van der Waals surface area (Å²) in [4.78, 5) is 31.1. The van der Waals surface area contributed by atoms with E-state index in [9.17, 15) is 9.59 Å². The number of nitrogens with two attached hydrogens (primary N) is 1. The molecule has 1 aliphatic rings. The first-order chi connectivity index (χ1) is 12.6. The van der Waals surface area contributed by atoms with Gasteiger partial charge in [-0.25, -0.2) is 4.98 Å². The average molecular weight is 411 g/mol. The number of ether oxygens (including phenoxy) is 1. The minimum absolute atomic E-state index is 0. The largest absolute Gasteiger partial charge is 0.378 e. The fourth-order valence-corrected chi connectivity index (χ4v) is 3.47. The van der Waals surface area contributed by atoms with Crippen molar-refractivity contribution in [3.8, 4) is 0 Å². The predicted octanol–water partition coefficient (Wildman–Crippen LogP) is 2.10. The Balaban J connectivity index is 0.00000261. The van der Waals surface area contributed by atoms with Crippen molar-refractivity contribution in [3.63, 3.8) is 0 Å². The average Bonchev–Trinajstić information content (AvgIpc) is 3.13. The normalized spacial score (nSPS) is 13.8. The van der Waals surface area contributed by atoms with Gasteiger partial charge in [0.2, 0.25) is 0 Å². The number of nitrogens with one attached hydrogen (secondary N) is 1. The van der Waals surface area contributed by atoms with Crippen LogP contribution in [0.2, 0.25) is 0 Å². The molecule has 27 heavy (non-hydrogen) atoms. The molecule has 2 heterocycles. The van der Waals surface area contributed by atoms with Crippen LogP contribution in [0.25, 0.3) is 0 Å².